The number of aliphatic hydroxyl groups is 1. The molecule has 0 spiro atoms. The zero-order valence-corrected chi connectivity index (χ0v) is 14.2. The number of nitrogens with one attached hydrogen (secondary N) is 1. The molecule has 0 radical (unpaired) electrons. The van der Waals surface area contributed by atoms with Crippen molar-refractivity contribution in [3.63, 3.8) is 0 Å². The molecule has 0 saturated carbocycles. The van der Waals surface area contributed by atoms with Crippen molar-refractivity contribution < 1.29 is 15.0 Å². The predicted octanol–water partition coefficient (Wildman–Crippen LogP) is 1.67. The Labute approximate surface area is 138 Å². The van der Waals surface area contributed by atoms with Crippen LogP contribution in [0.3, 0.4) is 0 Å². The lowest BCUT2D eigenvalue weighted by atomic mass is 10.1. The summed E-state index contributed by atoms with van der Waals surface area (Å²) in [6.07, 6.45) is 2.78. The number of likely N-dealkylation sites (tertiary alicyclic amines) is 1. The van der Waals surface area contributed by atoms with E-state index in [-0.39, 0.29) is 30.3 Å². The summed E-state index contributed by atoms with van der Waals surface area (Å²) in [5, 5.41) is 21.8. The van der Waals surface area contributed by atoms with Crippen LogP contribution in [0.15, 0.2) is 24.3 Å². The van der Waals surface area contributed by atoms with Gasteiger partial charge in [0.15, 0.2) is 0 Å². The summed E-state index contributed by atoms with van der Waals surface area (Å²) >= 11 is 0. The van der Waals surface area contributed by atoms with Gasteiger partial charge in [-0.05, 0) is 57.7 Å². The minimum atomic E-state index is -0.317. The zero-order valence-electron chi connectivity index (χ0n) is 14.2. The fraction of sp³-hybridized carbons (Fsp3) is 0.611. The van der Waals surface area contributed by atoms with Crippen molar-refractivity contribution >= 4 is 5.91 Å². The highest BCUT2D eigenvalue weighted by Crippen LogP contribution is 2.26. The molecule has 1 heterocycles. The molecule has 0 aliphatic carbocycles. The van der Waals surface area contributed by atoms with Crippen LogP contribution < -0.4 is 5.32 Å². The lowest BCUT2D eigenvalue weighted by Gasteiger charge is -2.32. The Hall–Kier alpha value is -1.59. The van der Waals surface area contributed by atoms with Crippen molar-refractivity contribution in [2.45, 2.75) is 64.2 Å². The molecule has 3 N–H and O–H groups in total. The Kier molecular flexibility index (Phi) is 6.02. The average Bonchev–Trinajstić information content (AvgIpc) is 2.86. The van der Waals surface area contributed by atoms with E-state index in [1.54, 1.807) is 24.3 Å². The van der Waals surface area contributed by atoms with Crippen LogP contribution in [-0.2, 0) is 11.2 Å². The van der Waals surface area contributed by atoms with Crippen LogP contribution >= 0.6 is 0 Å². The molecule has 5 heteroatoms. The number of carbonyl (C=O) groups is 1. The molecule has 1 saturated heterocycles. The summed E-state index contributed by atoms with van der Waals surface area (Å²) in [6.45, 7) is 6.15. The van der Waals surface area contributed by atoms with E-state index >= 15 is 0 Å². The number of hydrogen-bond acceptors (Lipinski definition) is 4. The lowest BCUT2D eigenvalue weighted by molar-refractivity contribution is -0.127. The SMILES string of the molecule is C[C@@H]1CC[C@H](C)N1[C@H](C)C(=O)N[C@H](CO)Cc1ccc(O)cc1. The fourth-order valence-electron chi connectivity index (χ4n) is 3.51. The van der Waals surface area contributed by atoms with E-state index in [2.05, 4.69) is 24.1 Å². The van der Waals surface area contributed by atoms with E-state index in [1.165, 1.54) is 0 Å². The molecule has 0 aromatic heterocycles. The number of phenolic OH excluding ortho intramolecular Hbond substituents is 1. The number of aromatic hydroxyl groups is 1. The Morgan fingerprint density at radius 2 is 1.83 bits per heavy atom. The second-order valence-electron chi connectivity index (χ2n) is 6.66. The summed E-state index contributed by atoms with van der Waals surface area (Å²) < 4.78 is 0. The first-order valence-corrected chi connectivity index (χ1v) is 8.39. The molecule has 23 heavy (non-hydrogen) atoms. The molecule has 2 rings (SSSR count). The van der Waals surface area contributed by atoms with Crippen LogP contribution in [0.5, 0.6) is 5.75 Å². The number of rotatable bonds is 6. The van der Waals surface area contributed by atoms with Gasteiger partial charge in [-0.3, -0.25) is 9.69 Å². The van der Waals surface area contributed by atoms with Gasteiger partial charge in [-0.15, -0.1) is 0 Å². The summed E-state index contributed by atoms with van der Waals surface area (Å²) in [7, 11) is 0. The van der Waals surface area contributed by atoms with Gasteiger partial charge in [0, 0.05) is 12.1 Å². The van der Waals surface area contributed by atoms with Gasteiger partial charge in [-0.2, -0.15) is 0 Å². The minimum absolute atomic E-state index is 0.0385. The molecular formula is C18H28N2O3. The Morgan fingerprint density at radius 3 is 2.35 bits per heavy atom. The number of benzene rings is 1. The minimum Gasteiger partial charge on any atom is -0.508 e. The van der Waals surface area contributed by atoms with Gasteiger partial charge >= 0.3 is 0 Å². The van der Waals surface area contributed by atoms with Crippen molar-refractivity contribution in [2.24, 2.45) is 0 Å². The fourth-order valence-corrected chi connectivity index (χ4v) is 3.51. The van der Waals surface area contributed by atoms with Crippen molar-refractivity contribution in [1.82, 2.24) is 10.2 Å². The maximum Gasteiger partial charge on any atom is 0.237 e. The number of aliphatic hydroxyl groups excluding tert-OH is 1. The molecule has 4 atom stereocenters. The summed E-state index contributed by atoms with van der Waals surface area (Å²) in [5.74, 6) is 0.174. The van der Waals surface area contributed by atoms with Crippen LogP contribution in [0.2, 0.25) is 0 Å². The monoisotopic (exact) mass is 320 g/mol. The standard InChI is InChI=1S/C18H28N2O3/c1-12-4-5-13(2)20(12)14(3)18(23)19-16(11-21)10-15-6-8-17(22)9-7-15/h6-9,12-14,16,21-22H,4-5,10-11H2,1-3H3,(H,19,23)/t12-,13+,14-,16+/m1/s1. The third kappa shape index (κ3) is 4.45. The molecule has 1 aliphatic heterocycles. The first-order chi connectivity index (χ1) is 10.9. The van der Waals surface area contributed by atoms with Crippen LogP contribution in [0.1, 0.15) is 39.2 Å². The van der Waals surface area contributed by atoms with Gasteiger partial charge in [-0.25, -0.2) is 0 Å². The number of amides is 1. The van der Waals surface area contributed by atoms with Crippen LogP contribution in [0.25, 0.3) is 0 Å². The maximum atomic E-state index is 12.5. The van der Waals surface area contributed by atoms with E-state index < -0.39 is 0 Å². The third-order valence-corrected chi connectivity index (χ3v) is 4.83. The third-order valence-electron chi connectivity index (χ3n) is 4.83. The predicted molar refractivity (Wildman–Crippen MR) is 90.3 cm³/mol. The molecule has 1 aromatic carbocycles. The molecule has 1 fully saturated rings. The van der Waals surface area contributed by atoms with Crippen LogP contribution in [-0.4, -0.2) is 51.8 Å². The largest absolute Gasteiger partial charge is 0.508 e. The van der Waals surface area contributed by atoms with Crippen LogP contribution in [0, 0.1) is 0 Å². The molecule has 1 aliphatic rings. The molecule has 1 amide bonds. The van der Waals surface area contributed by atoms with E-state index in [0.717, 1.165) is 18.4 Å². The Morgan fingerprint density at radius 1 is 1.26 bits per heavy atom. The van der Waals surface area contributed by atoms with Gasteiger partial charge in [0.05, 0.1) is 18.7 Å². The molecule has 128 valence electrons. The van der Waals surface area contributed by atoms with Crippen molar-refractivity contribution in [3.8, 4) is 5.75 Å². The van der Waals surface area contributed by atoms with Crippen molar-refractivity contribution in [3.05, 3.63) is 29.8 Å². The quantitative estimate of drug-likeness (QED) is 0.745. The van der Waals surface area contributed by atoms with E-state index in [0.29, 0.717) is 18.5 Å². The normalized spacial score (nSPS) is 24.3. The van der Waals surface area contributed by atoms with E-state index in [4.69, 9.17) is 0 Å². The van der Waals surface area contributed by atoms with Crippen LogP contribution in [0.4, 0.5) is 0 Å². The molecule has 5 nitrogen and oxygen atoms in total. The maximum absolute atomic E-state index is 12.5. The van der Waals surface area contributed by atoms with Gasteiger partial charge < -0.3 is 15.5 Å². The number of nitrogens with zero attached hydrogens (tertiary/aromatic N) is 1. The summed E-state index contributed by atoms with van der Waals surface area (Å²) in [4.78, 5) is 14.8. The van der Waals surface area contributed by atoms with Gasteiger partial charge in [0.2, 0.25) is 5.91 Å². The molecular weight excluding hydrogens is 292 g/mol. The highest BCUT2D eigenvalue weighted by molar-refractivity contribution is 5.81. The average molecular weight is 320 g/mol. The van der Waals surface area contributed by atoms with Gasteiger partial charge in [0.25, 0.3) is 0 Å². The second-order valence-corrected chi connectivity index (χ2v) is 6.66. The number of phenols is 1. The first kappa shape index (κ1) is 17.8. The van der Waals surface area contributed by atoms with Crippen molar-refractivity contribution in [1.29, 1.82) is 0 Å². The smallest absolute Gasteiger partial charge is 0.237 e. The van der Waals surface area contributed by atoms with E-state index in [1.807, 2.05) is 6.92 Å². The second kappa shape index (κ2) is 7.79. The lowest BCUT2D eigenvalue weighted by Crippen LogP contribution is -2.52. The zero-order chi connectivity index (χ0) is 17.0. The number of carbonyl (C=O) groups excluding carboxylic acids is 1. The Bertz CT molecular complexity index is 508. The Balaban J connectivity index is 1.95. The first-order valence-electron chi connectivity index (χ1n) is 8.39. The van der Waals surface area contributed by atoms with Gasteiger partial charge in [0.1, 0.15) is 5.75 Å². The van der Waals surface area contributed by atoms with Gasteiger partial charge in [-0.1, -0.05) is 12.1 Å². The van der Waals surface area contributed by atoms with E-state index in [9.17, 15) is 15.0 Å². The molecule has 1 aromatic rings. The molecule has 0 bridgehead atoms. The molecule has 0 unspecified atom stereocenters. The summed E-state index contributed by atoms with van der Waals surface area (Å²) in [5.41, 5.74) is 0.970. The topological polar surface area (TPSA) is 72.8 Å². The summed E-state index contributed by atoms with van der Waals surface area (Å²) in [6, 6.07) is 7.14. The highest BCUT2D eigenvalue weighted by atomic mass is 16.3. The van der Waals surface area contributed by atoms with Crippen molar-refractivity contribution in [2.75, 3.05) is 6.61 Å². The highest BCUT2D eigenvalue weighted by Gasteiger charge is 2.34. The number of hydrogen-bond donors (Lipinski definition) is 3.